The zero-order valence-electron chi connectivity index (χ0n) is 23.2. The Morgan fingerprint density at radius 2 is 1.72 bits per heavy atom. The smallest absolute Gasteiger partial charge is 0.262 e. The molecule has 1 fully saturated rings. The Morgan fingerprint density at radius 3 is 2.53 bits per heavy atom. The number of benzene rings is 2. The zero-order chi connectivity index (χ0) is 29.9. The Balaban J connectivity index is 1.16. The fourth-order valence-electron chi connectivity index (χ4n) is 5.59. The van der Waals surface area contributed by atoms with Gasteiger partial charge in [0.2, 0.25) is 5.91 Å². The van der Waals surface area contributed by atoms with Crippen LogP contribution >= 0.6 is 35.0 Å². The lowest BCUT2D eigenvalue weighted by Gasteiger charge is -2.28. The Hall–Kier alpha value is -3.66. The molecule has 43 heavy (non-hydrogen) atoms. The molecular formula is C32H29Cl2N5O3S. The van der Waals surface area contributed by atoms with Crippen LogP contribution in [-0.4, -0.2) is 24.8 Å². The minimum atomic E-state index is -0.223. The Kier molecular flexibility index (Phi) is 8.83. The average molecular weight is 635 g/mol. The third kappa shape index (κ3) is 6.64. The number of hydrogen-bond acceptors (Lipinski definition) is 6. The van der Waals surface area contributed by atoms with Gasteiger partial charge in [0.25, 0.3) is 11.1 Å². The molecule has 1 N–H and O–H groups in total. The summed E-state index contributed by atoms with van der Waals surface area (Å²) in [6.45, 7) is 0.919. The van der Waals surface area contributed by atoms with Crippen LogP contribution in [0.25, 0.3) is 16.6 Å². The molecule has 5 aromatic rings. The van der Waals surface area contributed by atoms with E-state index in [0.717, 1.165) is 31.2 Å². The summed E-state index contributed by atoms with van der Waals surface area (Å²) in [5, 5.41) is 5.28. The molecule has 8 nitrogen and oxygen atoms in total. The van der Waals surface area contributed by atoms with Crippen molar-refractivity contribution in [3.8, 4) is 0 Å². The van der Waals surface area contributed by atoms with Crippen molar-refractivity contribution in [3.63, 3.8) is 0 Å². The molecular weight excluding hydrogens is 605 g/mol. The number of nitrogens with one attached hydrogen (secondary N) is 1. The molecule has 1 aliphatic carbocycles. The van der Waals surface area contributed by atoms with Gasteiger partial charge in [-0.15, -0.1) is 0 Å². The van der Waals surface area contributed by atoms with Crippen molar-refractivity contribution in [1.82, 2.24) is 24.3 Å². The maximum atomic E-state index is 13.7. The van der Waals surface area contributed by atoms with E-state index in [4.69, 9.17) is 28.2 Å². The number of carbonyl (C=O) groups excluding carboxylic acids is 1. The molecule has 3 aromatic heterocycles. The van der Waals surface area contributed by atoms with Crippen molar-refractivity contribution in [3.05, 3.63) is 115 Å². The molecule has 3 heterocycles. The van der Waals surface area contributed by atoms with E-state index in [-0.39, 0.29) is 28.9 Å². The highest BCUT2D eigenvalue weighted by Crippen LogP contribution is 2.31. The SMILES string of the molecule is O=C(NCc1ccccc1Cl)C1CCC(Cn2c(SCc3cc(=O)n4cc(Cl)ccc4n3)nc3ccccc3c2=O)CC1. The fraction of sp³-hybridized carbons (Fsp3) is 0.281. The van der Waals surface area contributed by atoms with Gasteiger partial charge in [0.05, 0.1) is 21.6 Å². The van der Waals surface area contributed by atoms with Gasteiger partial charge in [-0.3, -0.25) is 23.4 Å². The topological polar surface area (TPSA) is 98.4 Å². The maximum absolute atomic E-state index is 13.7. The summed E-state index contributed by atoms with van der Waals surface area (Å²) in [5.41, 5.74) is 2.31. The van der Waals surface area contributed by atoms with Crippen LogP contribution in [0, 0.1) is 11.8 Å². The second-order valence-electron chi connectivity index (χ2n) is 10.8. The second-order valence-corrected chi connectivity index (χ2v) is 12.6. The monoisotopic (exact) mass is 633 g/mol. The van der Waals surface area contributed by atoms with Crippen LogP contribution in [0.4, 0.5) is 0 Å². The molecule has 0 radical (unpaired) electrons. The van der Waals surface area contributed by atoms with E-state index in [0.29, 0.717) is 56.3 Å². The summed E-state index contributed by atoms with van der Waals surface area (Å²) in [6, 6.07) is 19.7. The van der Waals surface area contributed by atoms with E-state index in [2.05, 4.69) is 10.3 Å². The predicted molar refractivity (Wildman–Crippen MR) is 171 cm³/mol. The first kappa shape index (κ1) is 29.4. The van der Waals surface area contributed by atoms with Gasteiger partial charge in [-0.05, 0) is 67.5 Å². The maximum Gasteiger partial charge on any atom is 0.262 e. The standard InChI is InChI=1S/C32H29Cl2N5O3S/c33-23-13-14-28-36-24(15-29(40)38(28)18-23)19-43-32-37-27-8-4-2-6-25(27)31(42)39(32)17-20-9-11-21(12-10-20)30(41)35-16-22-5-1-3-7-26(22)34/h1-8,13-15,18,20-21H,9-12,16-17,19H2,(H,35,41). The van der Waals surface area contributed by atoms with Gasteiger partial charge in [0.1, 0.15) is 5.65 Å². The van der Waals surface area contributed by atoms with Gasteiger partial charge < -0.3 is 5.32 Å². The molecule has 0 spiro atoms. The number of para-hydroxylation sites is 1. The van der Waals surface area contributed by atoms with E-state index in [1.807, 2.05) is 42.5 Å². The summed E-state index contributed by atoms with van der Waals surface area (Å²) in [6.07, 6.45) is 4.72. The second kappa shape index (κ2) is 12.9. The Labute approximate surface area is 262 Å². The van der Waals surface area contributed by atoms with Crippen LogP contribution in [0.3, 0.4) is 0 Å². The van der Waals surface area contributed by atoms with Gasteiger partial charge in [-0.1, -0.05) is 65.3 Å². The summed E-state index contributed by atoms with van der Waals surface area (Å²) < 4.78 is 3.16. The number of halogens is 2. The first-order valence-corrected chi connectivity index (χ1v) is 15.9. The van der Waals surface area contributed by atoms with Gasteiger partial charge in [0.15, 0.2) is 5.16 Å². The molecule has 11 heteroatoms. The van der Waals surface area contributed by atoms with Crippen molar-refractivity contribution in [2.45, 2.75) is 49.7 Å². The quantitative estimate of drug-likeness (QED) is 0.163. The van der Waals surface area contributed by atoms with Crippen LogP contribution < -0.4 is 16.4 Å². The molecule has 0 unspecified atom stereocenters. The van der Waals surface area contributed by atoms with Crippen LogP contribution in [-0.2, 0) is 23.6 Å². The van der Waals surface area contributed by atoms with Crippen LogP contribution in [0.2, 0.25) is 10.0 Å². The molecule has 1 aliphatic rings. The number of hydrogen-bond donors (Lipinski definition) is 1. The van der Waals surface area contributed by atoms with E-state index < -0.39 is 0 Å². The number of nitrogens with zero attached hydrogens (tertiary/aromatic N) is 4. The number of amides is 1. The van der Waals surface area contributed by atoms with Gasteiger partial charge in [0, 0.05) is 42.0 Å². The van der Waals surface area contributed by atoms with E-state index in [9.17, 15) is 14.4 Å². The summed E-state index contributed by atoms with van der Waals surface area (Å²) in [4.78, 5) is 48.7. The molecule has 2 aromatic carbocycles. The third-order valence-electron chi connectivity index (χ3n) is 7.92. The largest absolute Gasteiger partial charge is 0.352 e. The molecule has 0 atom stereocenters. The number of aromatic nitrogens is 4. The number of carbonyl (C=O) groups is 1. The van der Waals surface area contributed by atoms with Gasteiger partial charge in [-0.2, -0.15) is 0 Å². The molecule has 1 saturated carbocycles. The number of rotatable bonds is 8. The normalized spacial score (nSPS) is 16.9. The molecule has 0 saturated heterocycles. The number of thioether (sulfide) groups is 1. The Morgan fingerprint density at radius 1 is 0.953 bits per heavy atom. The van der Waals surface area contributed by atoms with Gasteiger partial charge in [-0.25, -0.2) is 9.97 Å². The van der Waals surface area contributed by atoms with Crippen LogP contribution in [0.15, 0.2) is 87.7 Å². The minimum Gasteiger partial charge on any atom is -0.352 e. The van der Waals surface area contributed by atoms with Crippen molar-refractivity contribution < 1.29 is 4.79 Å². The van der Waals surface area contributed by atoms with Crippen molar-refractivity contribution in [1.29, 1.82) is 0 Å². The Bertz CT molecular complexity index is 1930. The molecule has 0 bridgehead atoms. The number of fused-ring (bicyclic) bond motifs is 2. The first-order chi connectivity index (χ1) is 20.9. The van der Waals surface area contributed by atoms with Crippen LogP contribution in [0.5, 0.6) is 0 Å². The molecule has 0 aliphatic heterocycles. The first-order valence-electron chi connectivity index (χ1n) is 14.2. The fourth-order valence-corrected chi connectivity index (χ4v) is 6.86. The highest BCUT2D eigenvalue weighted by atomic mass is 35.5. The molecule has 220 valence electrons. The lowest BCUT2D eigenvalue weighted by molar-refractivity contribution is -0.126. The molecule has 1 amide bonds. The lowest BCUT2D eigenvalue weighted by atomic mass is 9.81. The highest BCUT2D eigenvalue weighted by Gasteiger charge is 2.27. The van der Waals surface area contributed by atoms with Crippen molar-refractivity contribution >= 4 is 57.4 Å². The summed E-state index contributed by atoms with van der Waals surface area (Å²) in [5.74, 6) is 0.588. The van der Waals surface area contributed by atoms with Gasteiger partial charge >= 0.3 is 0 Å². The third-order valence-corrected chi connectivity index (χ3v) is 9.52. The predicted octanol–water partition coefficient (Wildman–Crippen LogP) is 6.13. The molecule has 6 rings (SSSR count). The lowest BCUT2D eigenvalue weighted by Crippen LogP contribution is -2.34. The van der Waals surface area contributed by atoms with Crippen molar-refractivity contribution in [2.24, 2.45) is 11.8 Å². The van der Waals surface area contributed by atoms with E-state index >= 15 is 0 Å². The average Bonchev–Trinajstić information content (AvgIpc) is 3.02. The summed E-state index contributed by atoms with van der Waals surface area (Å²) in [7, 11) is 0. The zero-order valence-corrected chi connectivity index (χ0v) is 25.5. The minimum absolute atomic E-state index is 0.0419. The highest BCUT2D eigenvalue weighted by molar-refractivity contribution is 7.98. The number of pyridine rings is 1. The van der Waals surface area contributed by atoms with Crippen LogP contribution in [0.1, 0.15) is 36.9 Å². The summed E-state index contributed by atoms with van der Waals surface area (Å²) >= 11 is 13.7. The van der Waals surface area contributed by atoms with E-state index in [1.54, 1.807) is 29.0 Å². The van der Waals surface area contributed by atoms with E-state index in [1.165, 1.54) is 22.2 Å². The van der Waals surface area contributed by atoms with Crippen molar-refractivity contribution in [2.75, 3.05) is 0 Å².